The Morgan fingerprint density at radius 3 is 2.57 bits per heavy atom. The third-order valence-electron chi connectivity index (χ3n) is 1.78. The number of rotatable bonds is 4. The number of nitrogens with zero attached hydrogens (tertiary/aromatic N) is 1. The quantitative estimate of drug-likeness (QED) is 0.564. The fraction of sp³-hybridized carbons (Fsp3) is 0.300. The van der Waals surface area contributed by atoms with E-state index in [0.717, 1.165) is 5.56 Å². The van der Waals surface area contributed by atoms with E-state index in [9.17, 15) is 4.79 Å². The van der Waals surface area contributed by atoms with Crippen LogP contribution < -0.4 is 0 Å². The summed E-state index contributed by atoms with van der Waals surface area (Å²) in [6.07, 6.45) is 0. The molecule has 3 nitrogen and oxygen atoms in total. The molecule has 76 valence electrons. The van der Waals surface area contributed by atoms with Crippen molar-refractivity contribution in [3.8, 4) is 0 Å². The predicted octanol–water partition coefficient (Wildman–Crippen LogP) is 1.82. The number of carbonyl (C=O) groups excluding carboxylic acids is 1. The largest absolute Gasteiger partial charge is 0.274 e. The third kappa shape index (κ3) is 3.01. The molecule has 0 radical (unpaired) electrons. The van der Waals surface area contributed by atoms with Gasteiger partial charge in [-0.2, -0.15) is 0 Å². The highest BCUT2D eigenvalue weighted by atomic mass is 35.5. The molecule has 0 saturated heterocycles. The first kappa shape index (κ1) is 11.0. The molecular formula is C10H12ClNO2. The lowest BCUT2D eigenvalue weighted by atomic mass is 10.2. The van der Waals surface area contributed by atoms with E-state index in [-0.39, 0.29) is 11.8 Å². The van der Waals surface area contributed by atoms with Crippen LogP contribution in [-0.4, -0.2) is 24.0 Å². The van der Waals surface area contributed by atoms with Crippen LogP contribution in [0.25, 0.3) is 0 Å². The summed E-state index contributed by atoms with van der Waals surface area (Å²) in [5, 5.41) is 1.24. The smallest absolute Gasteiger partial charge is 0.261 e. The van der Waals surface area contributed by atoms with Crippen molar-refractivity contribution >= 4 is 17.5 Å². The van der Waals surface area contributed by atoms with Crippen molar-refractivity contribution < 1.29 is 9.63 Å². The van der Waals surface area contributed by atoms with Gasteiger partial charge in [0, 0.05) is 0 Å². The fourth-order valence-electron chi connectivity index (χ4n) is 1.07. The van der Waals surface area contributed by atoms with Gasteiger partial charge in [-0.05, 0) is 5.56 Å². The lowest BCUT2D eigenvalue weighted by Crippen LogP contribution is -2.30. The molecule has 0 atom stereocenters. The Kier molecular flexibility index (Phi) is 4.43. The topological polar surface area (TPSA) is 29.5 Å². The summed E-state index contributed by atoms with van der Waals surface area (Å²) < 4.78 is 0. The zero-order chi connectivity index (χ0) is 10.4. The summed E-state index contributed by atoms with van der Waals surface area (Å²) in [4.78, 5) is 16.1. The summed E-state index contributed by atoms with van der Waals surface area (Å²) in [5.41, 5.74) is 1.01. The van der Waals surface area contributed by atoms with E-state index in [2.05, 4.69) is 0 Å². The van der Waals surface area contributed by atoms with Crippen molar-refractivity contribution in [3.05, 3.63) is 35.9 Å². The third-order valence-corrected chi connectivity index (χ3v) is 2.01. The molecule has 4 heteroatoms. The Morgan fingerprint density at radius 1 is 1.43 bits per heavy atom. The maximum absolute atomic E-state index is 11.2. The number of benzene rings is 1. The van der Waals surface area contributed by atoms with Crippen molar-refractivity contribution in [2.24, 2.45) is 0 Å². The molecule has 1 aromatic rings. The number of hydrogen-bond acceptors (Lipinski definition) is 2. The number of hydrogen-bond donors (Lipinski definition) is 0. The summed E-state index contributed by atoms with van der Waals surface area (Å²) >= 11 is 5.42. The van der Waals surface area contributed by atoms with Crippen molar-refractivity contribution in [1.29, 1.82) is 0 Å². The first-order valence-electron chi connectivity index (χ1n) is 4.22. The molecule has 1 rings (SSSR count). The Balaban J connectivity index is 2.62. The number of carbonyl (C=O) groups is 1. The minimum Gasteiger partial charge on any atom is -0.274 e. The summed E-state index contributed by atoms with van der Waals surface area (Å²) in [6.45, 7) is 0.420. The van der Waals surface area contributed by atoms with Crippen LogP contribution in [-0.2, 0) is 16.2 Å². The minimum absolute atomic E-state index is 0.0688. The Morgan fingerprint density at radius 2 is 2.07 bits per heavy atom. The van der Waals surface area contributed by atoms with Crippen LogP contribution in [0.3, 0.4) is 0 Å². The van der Waals surface area contributed by atoms with E-state index in [1.807, 2.05) is 30.3 Å². The molecule has 0 spiro atoms. The van der Waals surface area contributed by atoms with E-state index in [0.29, 0.717) is 6.54 Å². The van der Waals surface area contributed by atoms with E-state index in [4.69, 9.17) is 16.4 Å². The van der Waals surface area contributed by atoms with Gasteiger partial charge in [-0.1, -0.05) is 30.3 Å². The van der Waals surface area contributed by atoms with Crippen LogP contribution in [0.5, 0.6) is 0 Å². The van der Waals surface area contributed by atoms with Gasteiger partial charge >= 0.3 is 0 Å². The molecule has 0 bridgehead atoms. The molecule has 0 aliphatic carbocycles. The number of alkyl halides is 1. The highest BCUT2D eigenvalue weighted by Gasteiger charge is 2.11. The standard InChI is InChI=1S/C10H12ClNO2/c1-14-12(10(13)7-11)8-9-5-3-2-4-6-9/h2-6H,7-8H2,1H3. The lowest BCUT2D eigenvalue weighted by molar-refractivity contribution is -0.176. The number of hydroxylamine groups is 2. The van der Waals surface area contributed by atoms with Crippen LogP contribution >= 0.6 is 11.6 Å². The first-order chi connectivity index (χ1) is 6.77. The van der Waals surface area contributed by atoms with Crippen molar-refractivity contribution in [2.45, 2.75) is 6.54 Å². The van der Waals surface area contributed by atoms with Gasteiger partial charge in [0.25, 0.3) is 5.91 Å². The Hall–Kier alpha value is -1.06. The maximum Gasteiger partial charge on any atom is 0.261 e. The van der Waals surface area contributed by atoms with Crippen molar-refractivity contribution in [1.82, 2.24) is 5.06 Å². The molecule has 1 aromatic carbocycles. The van der Waals surface area contributed by atoms with E-state index >= 15 is 0 Å². The number of halogens is 1. The molecule has 1 amide bonds. The molecule has 0 heterocycles. The van der Waals surface area contributed by atoms with Crippen LogP contribution in [0, 0.1) is 0 Å². The zero-order valence-corrected chi connectivity index (χ0v) is 8.70. The monoisotopic (exact) mass is 213 g/mol. The van der Waals surface area contributed by atoms with Gasteiger partial charge in [-0.15, -0.1) is 11.6 Å². The molecule has 0 aromatic heterocycles. The van der Waals surface area contributed by atoms with Crippen molar-refractivity contribution in [3.63, 3.8) is 0 Å². The second-order valence-corrected chi connectivity index (χ2v) is 3.00. The average molecular weight is 214 g/mol. The fourth-order valence-corrected chi connectivity index (χ4v) is 1.20. The number of amides is 1. The first-order valence-corrected chi connectivity index (χ1v) is 4.75. The molecular weight excluding hydrogens is 202 g/mol. The second kappa shape index (κ2) is 5.62. The lowest BCUT2D eigenvalue weighted by Gasteiger charge is -2.18. The average Bonchev–Trinajstić information content (AvgIpc) is 2.26. The summed E-state index contributed by atoms with van der Waals surface area (Å²) in [6, 6.07) is 9.59. The summed E-state index contributed by atoms with van der Waals surface area (Å²) in [7, 11) is 1.45. The highest BCUT2D eigenvalue weighted by Crippen LogP contribution is 2.05. The molecule has 14 heavy (non-hydrogen) atoms. The second-order valence-electron chi connectivity index (χ2n) is 2.73. The van der Waals surface area contributed by atoms with E-state index in [1.165, 1.54) is 12.2 Å². The molecule has 0 unspecified atom stereocenters. The molecule has 0 aliphatic heterocycles. The summed E-state index contributed by atoms with van der Waals surface area (Å²) in [5.74, 6) is -0.307. The van der Waals surface area contributed by atoms with Crippen LogP contribution in [0.2, 0.25) is 0 Å². The minimum atomic E-state index is -0.238. The van der Waals surface area contributed by atoms with Gasteiger partial charge < -0.3 is 0 Å². The maximum atomic E-state index is 11.2. The van der Waals surface area contributed by atoms with Crippen LogP contribution in [0.15, 0.2) is 30.3 Å². The van der Waals surface area contributed by atoms with E-state index in [1.54, 1.807) is 0 Å². The van der Waals surface area contributed by atoms with Gasteiger partial charge in [-0.3, -0.25) is 9.63 Å². The molecule has 0 saturated carbocycles. The van der Waals surface area contributed by atoms with E-state index < -0.39 is 0 Å². The molecule has 0 N–H and O–H groups in total. The SMILES string of the molecule is CON(Cc1ccccc1)C(=O)CCl. The van der Waals surface area contributed by atoms with Gasteiger partial charge in [0.15, 0.2) is 0 Å². The van der Waals surface area contributed by atoms with Gasteiger partial charge in [-0.25, -0.2) is 5.06 Å². The molecule has 0 aliphatic rings. The Bertz CT molecular complexity index is 289. The zero-order valence-electron chi connectivity index (χ0n) is 7.94. The Labute approximate surface area is 88.2 Å². The van der Waals surface area contributed by atoms with Crippen LogP contribution in [0.4, 0.5) is 0 Å². The van der Waals surface area contributed by atoms with Gasteiger partial charge in [0.2, 0.25) is 0 Å². The normalized spacial score (nSPS) is 9.86. The van der Waals surface area contributed by atoms with Crippen LogP contribution in [0.1, 0.15) is 5.56 Å². The highest BCUT2D eigenvalue weighted by molar-refractivity contribution is 6.27. The van der Waals surface area contributed by atoms with Crippen molar-refractivity contribution in [2.75, 3.05) is 13.0 Å². The van der Waals surface area contributed by atoms with Gasteiger partial charge in [0.1, 0.15) is 5.88 Å². The van der Waals surface area contributed by atoms with Gasteiger partial charge in [0.05, 0.1) is 13.7 Å². The molecule has 0 fully saturated rings. The predicted molar refractivity (Wildman–Crippen MR) is 54.7 cm³/mol.